The third kappa shape index (κ3) is 3.49. The van der Waals surface area contributed by atoms with Gasteiger partial charge in [-0.25, -0.2) is 0 Å². The van der Waals surface area contributed by atoms with Crippen LogP contribution in [0, 0.1) is 5.41 Å². The van der Waals surface area contributed by atoms with Crippen LogP contribution in [-0.4, -0.2) is 10.00 Å². The molecule has 0 aromatic carbocycles. The molecule has 0 aromatic heterocycles. The van der Waals surface area contributed by atoms with Gasteiger partial charge in [0.15, 0.2) is 0 Å². The lowest BCUT2D eigenvalue weighted by Gasteiger charge is -2.44. The van der Waals surface area contributed by atoms with Crippen LogP contribution >= 0.6 is 11.8 Å². The van der Waals surface area contributed by atoms with Crippen molar-refractivity contribution in [2.24, 2.45) is 5.41 Å². The normalized spacial score (nSPS) is 26.1. The summed E-state index contributed by atoms with van der Waals surface area (Å²) in [6.07, 6.45) is 17.4. The third-order valence-corrected chi connectivity index (χ3v) is 5.40. The van der Waals surface area contributed by atoms with E-state index in [0.717, 1.165) is 12.8 Å². The van der Waals surface area contributed by atoms with E-state index in [9.17, 15) is 0 Å². The van der Waals surface area contributed by atoms with Crippen molar-refractivity contribution in [2.45, 2.75) is 63.9 Å². The summed E-state index contributed by atoms with van der Waals surface area (Å²) in [6.45, 7) is 11.7. The summed E-state index contributed by atoms with van der Waals surface area (Å²) >= 11 is 2.15. The number of hydrogen-bond acceptors (Lipinski definition) is 1. The van der Waals surface area contributed by atoms with Crippen molar-refractivity contribution in [3.8, 4) is 0 Å². The minimum Gasteiger partial charge on any atom is -0.147 e. The van der Waals surface area contributed by atoms with E-state index in [4.69, 9.17) is 0 Å². The Labute approximate surface area is 129 Å². The Morgan fingerprint density at radius 2 is 2.00 bits per heavy atom. The van der Waals surface area contributed by atoms with Gasteiger partial charge < -0.3 is 0 Å². The van der Waals surface area contributed by atoms with Crippen molar-refractivity contribution < 1.29 is 0 Å². The van der Waals surface area contributed by atoms with E-state index in [1.807, 2.05) is 0 Å². The first kappa shape index (κ1) is 15.7. The summed E-state index contributed by atoms with van der Waals surface area (Å²) in [6, 6.07) is 0. The van der Waals surface area contributed by atoms with Crippen molar-refractivity contribution in [1.29, 1.82) is 0 Å². The average Bonchev–Trinajstić information content (AvgIpc) is 2.79. The van der Waals surface area contributed by atoms with E-state index >= 15 is 0 Å². The molecule has 2 rings (SSSR count). The van der Waals surface area contributed by atoms with Gasteiger partial charge in [0.05, 0.1) is 0 Å². The van der Waals surface area contributed by atoms with Gasteiger partial charge in [-0.2, -0.15) is 0 Å². The molecule has 1 heteroatoms. The smallest absolute Gasteiger partial charge is 0.0453 e. The molecule has 110 valence electrons. The lowest BCUT2D eigenvalue weighted by molar-refractivity contribution is 0.437. The molecule has 0 nitrogen and oxygen atoms in total. The zero-order chi connectivity index (χ0) is 14.8. The van der Waals surface area contributed by atoms with Gasteiger partial charge in [0.1, 0.15) is 0 Å². The molecular weight excluding hydrogens is 260 g/mol. The quantitative estimate of drug-likeness (QED) is 0.604. The maximum Gasteiger partial charge on any atom is 0.0453 e. The summed E-state index contributed by atoms with van der Waals surface area (Å²) in [7, 11) is 0. The SMILES string of the molecule is CC(C)SC1(CC2=CCC=C2)CC=CC=C1C(C)(C)C. The van der Waals surface area contributed by atoms with Crippen molar-refractivity contribution in [3.05, 3.63) is 47.6 Å². The lowest BCUT2D eigenvalue weighted by atomic mass is 9.72. The molecule has 0 N–H and O–H groups in total. The highest BCUT2D eigenvalue weighted by molar-refractivity contribution is 8.01. The molecule has 0 aliphatic heterocycles. The Morgan fingerprint density at radius 1 is 1.25 bits per heavy atom. The average molecular weight is 288 g/mol. The molecule has 0 amide bonds. The van der Waals surface area contributed by atoms with Crippen LogP contribution in [0.25, 0.3) is 0 Å². The molecule has 0 saturated heterocycles. The molecule has 2 aliphatic carbocycles. The van der Waals surface area contributed by atoms with E-state index in [2.05, 4.69) is 82.8 Å². The minimum atomic E-state index is 0.232. The number of allylic oxidation sites excluding steroid dienone is 7. The summed E-state index contributed by atoms with van der Waals surface area (Å²) in [5.41, 5.74) is 3.35. The van der Waals surface area contributed by atoms with E-state index in [-0.39, 0.29) is 10.2 Å². The molecule has 2 aliphatic rings. The summed E-state index contributed by atoms with van der Waals surface area (Å²) in [5.74, 6) is 0. The molecular formula is C19H28S. The maximum absolute atomic E-state index is 2.39. The molecule has 0 saturated carbocycles. The maximum atomic E-state index is 2.39. The van der Waals surface area contributed by atoms with Crippen molar-refractivity contribution >= 4 is 11.8 Å². The Kier molecular flexibility index (Phi) is 4.69. The topological polar surface area (TPSA) is 0 Å². The van der Waals surface area contributed by atoms with E-state index in [1.54, 1.807) is 5.57 Å². The molecule has 0 bridgehead atoms. The first-order valence-electron chi connectivity index (χ1n) is 7.75. The Bertz CT molecular complexity index is 468. The van der Waals surface area contributed by atoms with Crippen molar-refractivity contribution in [2.75, 3.05) is 0 Å². The van der Waals surface area contributed by atoms with E-state index in [0.29, 0.717) is 5.25 Å². The summed E-state index contributed by atoms with van der Waals surface area (Å²) in [5, 5.41) is 0.651. The molecule has 1 unspecified atom stereocenters. The van der Waals surface area contributed by atoms with Gasteiger partial charge in [0.25, 0.3) is 0 Å². The second kappa shape index (κ2) is 5.97. The number of rotatable bonds is 4. The van der Waals surface area contributed by atoms with E-state index < -0.39 is 0 Å². The highest BCUT2D eigenvalue weighted by atomic mass is 32.2. The predicted octanol–water partition coefficient (Wildman–Crippen LogP) is 6.08. The van der Waals surface area contributed by atoms with Gasteiger partial charge in [-0.15, -0.1) is 11.8 Å². The monoisotopic (exact) mass is 288 g/mol. The van der Waals surface area contributed by atoms with Gasteiger partial charge in [0, 0.05) is 4.75 Å². The second-order valence-electron chi connectivity index (χ2n) is 7.22. The lowest BCUT2D eigenvalue weighted by Crippen LogP contribution is -2.36. The van der Waals surface area contributed by atoms with Gasteiger partial charge >= 0.3 is 0 Å². The second-order valence-corrected chi connectivity index (χ2v) is 9.18. The Balaban J connectivity index is 2.37. The van der Waals surface area contributed by atoms with Gasteiger partial charge in [0.2, 0.25) is 0 Å². The van der Waals surface area contributed by atoms with Crippen LogP contribution in [0.3, 0.4) is 0 Å². The van der Waals surface area contributed by atoms with E-state index in [1.165, 1.54) is 12.0 Å². The standard InChI is InChI=1S/C19H28S/c1-15(2)20-19(14-16-10-6-7-11-16)13-9-8-12-17(19)18(3,4)5/h6,8-12,15H,7,13-14H2,1-5H3. The van der Waals surface area contributed by atoms with Crippen LogP contribution in [0.15, 0.2) is 47.6 Å². The first-order valence-corrected chi connectivity index (χ1v) is 8.63. The molecule has 20 heavy (non-hydrogen) atoms. The molecule has 0 aromatic rings. The van der Waals surface area contributed by atoms with Crippen LogP contribution in [0.2, 0.25) is 0 Å². The molecule has 0 radical (unpaired) electrons. The molecule has 0 fully saturated rings. The minimum absolute atomic E-state index is 0.232. The first-order chi connectivity index (χ1) is 9.33. The van der Waals surface area contributed by atoms with Gasteiger partial charge in [-0.05, 0) is 35.5 Å². The van der Waals surface area contributed by atoms with Crippen LogP contribution in [0.4, 0.5) is 0 Å². The fourth-order valence-corrected chi connectivity index (χ4v) is 5.20. The zero-order valence-corrected chi connectivity index (χ0v) is 14.4. The Hall–Kier alpha value is -0.690. The largest absolute Gasteiger partial charge is 0.147 e. The highest BCUT2D eigenvalue weighted by Gasteiger charge is 2.41. The van der Waals surface area contributed by atoms with Crippen LogP contribution in [-0.2, 0) is 0 Å². The van der Waals surface area contributed by atoms with Gasteiger partial charge in [-0.3, -0.25) is 0 Å². The zero-order valence-electron chi connectivity index (χ0n) is 13.6. The summed E-state index contributed by atoms with van der Waals surface area (Å²) in [4.78, 5) is 0. The molecule has 0 spiro atoms. The molecule has 1 atom stereocenters. The highest BCUT2D eigenvalue weighted by Crippen LogP contribution is 2.51. The van der Waals surface area contributed by atoms with Crippen LogP contribution in [0.1, 0.15) is 53.9 Å². The van der Waals surface area contributed by atoms with Crippen molar-refractivity contribution in [3.63, 3.8) is 0 Å². The number of hydrogen-bond donors (Lipinski definition) is 0. The Morgan fingerprint density at radius 3 is 2.55 bits per heavy atom. The number of thioether (sulfide) groups is 1. The van der Waals surface area contributed by atoms with Crippen molar-refractivity contribution in [1.82, 2.24) is 0 Å². The van der Waals surface area contributed by atoms with Gasteiger partial charge in [-0.1, -0.05) is 76.6 Å². The summed E-state index contributed by atoms with van der Waals surface area (Å²) < 4.78 is 0.238. The van der Waals surface area contributed by atoms with Crippen LogP contribution < -0.4 is 0 Å². The van der Waals surface area contributed by atoms with Crippen LogP contribution in [0.5, 0.6) is 0 Å². The predicted molar refractivity (Wildman–Crippen MR) is 93.2 cm³/mol. The fraction of sp³-hybridized carbons (Fsp3) is 0.579. The molecule has 0 heterocycles. The third-order valence-electron chi connectivity index (χ3n) is 3.94. The fourth-order valence-electron chi connectivity index (χ4n) is 3.36.